The van der Waals surface area contributed by atoms with Crippen LogP contribution >= 0.6 is 0 Å². The van der Waals surface area contributed by atoms with Crippen LogP contribution in [0.25, 0.3) is 0 Å². The minimum Gasteiger partial charge on any atom is -0.497 e. The van der Waals surface area contributed by atoms with E-state index in [1.807, 2.05) is 6.07 Å². The maximum Gasteiger partial charge on any atom is 0.261 e. The number of nitrogens with zero attached hydrogens (tertiary/aromatic N) is 1. The van der Waals surface area contributed by atoms with Crippen molar-refractivity contribution in [2.24, 2.45) is 0 Å². The summed E-state index contributed by atoms with van der Waals surface area (Å²) in [5.41, 5.74) is 1.49. The van der Waals surface area contributed by atoms with Crippen molar-refractivity contribution >= 4 is 11.7 Å². The molecular weight excluding hydrogens is 372 g/mol. The van der Waals surface area contributed by atoms with Crippen molar-refractivity contribution in [1.29, 1.82) is 0 Å². The summed E-state index contributed by atoms with van der Waals surface area (Å²) >= 11 is 0. The van der Waals surface area contributed by atoms with Gasteiger partial charge in [-0.3, -0.25) is 14.4 Å². The minimum absolute atomic E-state index is 0.0211. The Hall–Kier alpha value is -3.09. The molecule has 0 saturated heterocycles. The van der Waals surface area contributed by atoms with Gasteiger partial charge in [0.05, 0.1) is 20.8 Å². The molecule has 7 heteroatoms. The fraction of sp³-hybridized carbons (Fsp3) is 0.409. The number of benzene rings is 1. The van der Waals surface area contributed by atoms with Gasteiger partial charge in [-0.05, 0) is 49.9 Å². The number of aromatic amines is 1. The zero-order valence-corrected chi connectivity index (χ0v) is 16.6. The molecule has 0 atom stereocenters. The summed E-state index contributed by atoms with van der Waals surface area (Å²) in [4.78, 5) is 42.6. The highest BCUT2D eigenvalue weighted by Crippen LogP contribution is 2.33. The summed E-state index contributed by atoms with van der Waals surface area (Å²) in [6.45, 7) is 0.300. The lowest BCUT2D eigenvalue weighted by Crippen LogP contribution is -2.37. The van der Waals surface area contributed by atoms with Crippen molar-refractivity contribution in [3.63, 3.8) is 0 Å². The number of aromatic nitrogens is 1. The third-order valence-electron chi connectivity index (χ3n) is 5.56. The van der Waals surface area contributed by atoms with Gasteiger partial charge in [-0.25, -0.2) is 0 Å². The second-order valence-electron chi connectivity index (χ2n) is 7.52. The van der Waals surface area contributed by atoms with E-state index in [4.69, 9.17) is 9.47 Å². The van der Waals surface area contributed by atoms with Crippen LogP contribution in [0, 0.1) is 0 Å². The van der Waals surface area contributed by atoms with Crippen molar-refractivity contribution < 1.29 is 19.1 Å². The predicted octanol–water partition coefficient (Wildman–Crippen LogP) is 2.72. The summed E-state index contributed by atoms with van der Waals surface area (Å²) in [5.74, 6) is 0.934. The number of pyridine rings is 1. The molecule has 152 valence electrons. The molecule has 4 rings (SSSR count). The van der Waals surface area contributed by atoms with Crippen molar-refractivity contribution in [2.75, 3.05) is 14.2 Å². The zero-order chi connectivity index (χ0) is 20.5. The molecule has 1 aromatic heterocycles. The number of ketones is 1. The molecule has 1 saturated carbocycles. The van der Waals surface area contributed by atoms with Crippen molar-refractivity contribution in [2.45, 2.75) is 44.7 Å². The Morgan fingerprint density at radius 2 is 1.93 bits per heavy atom. The number of amides is 1. The van der Waals surface area contributed by atoms with E-state index < -0.39 is 5.56 Å². The summed E-state index contributed by atoms with van der Waals surface area (Å²) in [6, 6.07) is 6.99. The fourth-order valence-corrected chi connectivity index (χ4v) is 3.83. The van der Waals surface area contributed by atoms with Crippen molar-refractivity contribution in [3.8, 4) is 11.5 Å². The second-order valence-corrected chi connectivity index (χ2v) is 7.52. The van der Waals surface area contributed by atoms with Gasteiger partial charge in [-0.2, -0.15) is 0 Å². The molecule has 7 nitrogen and oxygen atoms in total. The standard InChI is InChI=1S/C22H24N2O5/c1-28-15-8-9-20(29-2)13(10-15)12-24(14-6-7-14)22(27)17-11-16-18(23-21(17)26)4-3-5-19(16)25/h8-11,14H,3-7,12H2,1-2H3,(H,23,26). The molecular formula is C22H24N2O5. The highest BCUT2D eigenvalue weighted by Gasteiger charge is 2.35. The Morgan fingerprint density at radius 1 is 1.14 bits per heavy atom. The first kappa shape index (κ1) is 19.2. The quantitative estimate of drug-likeness (QED) is 0.811. The summed E-state index contributed by atoms with van der Waals surface area (Å²) in [5, 5.41) is 0. The SMILES string of the molecule is COc1ccc(OC)c(CN(C(=O)c2cc3c([nH]c2=O)CCCC3=O)C2CC2)c1. The number of hydrogen-bond donors (Lipinski definition) is 1. The third kappa shape index (κ3) is 3.77. The molecule has 1 N–H and O–H groups in total. The average Bonchev–Trinajstić information content (AvgIpc) is 3.56. The van der Waals surface area contributed by atoms with Gasteiger partial charge in [-0.15, -0.1) is 0 Å². The van der Waals surface area contributed by atoms with Crippen molar-refractivity contribution in [1.82, 2.24) is 9.88 Å². The number of ether oxygens (including phenoxy) is 2. The lowest BCUT2D eigenvalue weighted by molar-refractivity contribution is 0.0726. The van der Waals surface area contributed by atoms with Crippen LogP contribution in [0.5, 0.6) is 11.5 Å². The van der Waals surface area contributed by atoms with Crippen LogP contribution in [0.2, 0.25) is 0 Å². The van der Waals surface area contributed by atoms with Crippen LogP contribution in [0.1, 0.15) is 57.7 Å². The Morgan fingerprint density at radius 3 is 2.62 bits per heavy atom. The summed E-state index contributed by atoms with van der Waals surface area (Å²) in [6.07, 6.45) is 3.59. The van der Waals surface area contributed by atoms with E-state index in [0.29, 0.717) is 42.1 Å². The fourth-order valence-electron chi connectivity index (χ4n) is 3.83. The van der Waals surface area contributed by atoms with E-state index in [1.165, 1.54) is 6.07 Å². The number of hydrogen-bond acceptors (Lipinski definition) is 5. The van der Waals surface area contributed by atoms with Gasteiger partial charge < -0.3 is 19.4 Å². The number of rotatable bonds is 6. The Balaban J connectivity index is 1.69. The molecule has 0 unspecified atom stereocenters. The van der Waals surface area contributed by atoms with Crippen LogP contribution in [0.4, 0.5) is 0 Å². The molecule has 1 aromatic carbocycles. The van der Waals surface area contributed by atoms with E-state index >= 15 is 0 Å². The predicted molar refractivity (Wildman–Crippen MR) is 107 cm³/mol. The molecule has 0 aliphatic heterocycles. The maximum atomic E-state index is 13.3. The number of H-pyrrole nitrogens is 1. The molecule has 1 amide bonds. The van der Waals surface area contributed by atoms with Crippen LogP contribution in [-0.2, 0) is 13.0 Å². The largest absolute Gasteiger partial charge is 0.497 e. The lowest BCUT2D eigenvalue weighted by Gasteiger charge is -2.24. The van der Waals surface area contributed by atoms with Gasteiger partial charge in [0, 0.05) is 29.3 Å². The van der Waals surface area contributed by atoms with Crippen LogP contribution in [0.15, 0.2) is 29.1 Å². The molecule has 2 aliphatic carbocycles. The maximum absolute atomic E-state index is 13.3. The lowest BCUT2D eigenvalue weighted by atomic mass is 9.93. The Labute approximate surface area is 168 Å². The first-order valence-corrected chi connectivity index (χ1v) is 9.83. The number of methoxy groups -OCH3 is 2. The van der Waals surface area contributed by atoms with E-state index in [0.717, 1.165) is 24.8 Å². The van der Waals surface area contributed by atoms with Gasteiger partial charge in [0.25, 0.3) is 11.5 Å². The Kier molecular flexibility index (Phi) is 5.13. The van der Waals surface area contributed by atoms with Gasteiger partial charge >= 0.3 is 0 Å². The molecule has 0 bridgehead atoms. The van der Waals surface area contributed by atoms with E-state index in [2.05, 4.69) is 4.98 Å². The van der Waals surface area contributed by atoms with Gasteiger partial charge in [0.15, 0.2) is 5.78 Å². The highest BCUT2D eigenvalue weighted by molar-refractivity contribution is 6.01. The number of fused-ring (bicyclic) bond motifs is 1. The second kappa shape index (κ2) is 7.73. The number of Topliss-reactive ketones (excluding diaryl/α,β-unsaturated/α-hetero) is 1. The van der Waals surface area contributed by atoms with Gasteiger partial charge in [0.2, 0.25) is 0 Å². The minimum atomic E-state index is -0.438. The summed E-state index contributed by atoms with van der Waals surface area (Å²) < 4.78 is 10.7. The smallest absolute Gasteiger partial charge is 0.261 e. The molecule has 1 fully saturated rings. The number of carbonyl (C=O) groups excluding carboxylic acids is 2. The average molecular weight is 396 g/mol. The van der Waals surface area contributed by atoms with Gasteiger partial charge in [-0.1, -0.05) is 0 Å². The monoisotopic (exact) mass is 396 g/mol. The zero-order valence-electron chi connectivity index (χ0n) is 16.6. The van der Waals surface area contributed by atoms with E-state index in [1.54, 1.807) is 31.3 Å². The molecule has 0 spiro atoms. The number of carbonyl (C=O) groups is 2. The van der Waals surface area contributed by atoms with E-state index in [-0.39, 0.29) is 23.3 Å². The first-order valence-electron chi connectivity index (χ1n) is 9.83. The normalized spacial score (nSPS) is 15.6. The van der Waals surface area contributed by atoms with Gasteiger partial charge in [0.1, 0.15) is 17.1 Å². The summed E-state index contributed by atoms with van der Waals surface area (Å²) in [7, 11) is 3.16. The van der Waals surface area contributed by atoms with E-state index in [9.17, 15) is 14.4 Å². The molecule has 0 radical (unpaired) electrons. The molecule has 2 aliphatic rings. The van der Waals surface area contributed by atoms with Crippen LogP contribution < -0.4 is 15.0 Å². The number of aryl methyl sites for hydroxylation is 1. The number of nitrogens with one attached hydrogen (secondary N) is 1. The first-order chi connectivity index (χ1) is 14.0. The van der Waals surface area contributed by atoms with Crippen molar-refractivity contribution in [3.05, 3.63) is 57.0 Å². The van der Waals surface area contributed by atoms with Crippen LogP contribution in [0.3, 0.4) is 0 Å². The molecule has 1 heterocycles. The molecule has 29 heavy (non-hydrogen) atoms. The topological polar surface area (TPSA) is 88.7 Å². The Bertz CT molecular complexity index is 1020. The molecule has 2 aromatic rings. The highest BCUT2D eigenvalue weighted by atomic mass is 16.5. The van der Waals surface area contributed by atoms with Crippen LogP contribution in [-0.4, -0.2) is 41.8 Å². The third-order valence-corrected chi connectivity index (χ3v) is 5.56.